The van der Waals surface area contributed by atoms with Crippen LogP contribution in [0.25, 0.3) is 0 Å². The van der Waals surface area contributed by atoms with Crippen molar-refractivity contribution in [2.45, 2.75) is 6.04 Å². The van der Waals surface area contributed by atoms with Crippen molar-refractivity contribution in [3.05, 3.63) is 112 Å². The van der Waals surface area contributed by atoms with E-state index in [1.54, 1.807) is 0 Å². The number of hydrogen-bond donors (Lipinski definition) is 1. The Hall–Kier alpha value is -3.37. The zero-order chi connectivity index (χ0) is 20.5. The molecule has 3 aromatic carbocycles. The van der Waals surface area contributed by atoms with Crippen molar-refractivity contribution in [2.24, 2.45) is 4.99 Å². The van der Waals surface area contributed by atoms with Gasteiger partial charge in [0.15, 0.2) is 0 Å². The molecule has 3 aromatic rings. The first-order valence-corrected chi connectivity index (χ1v) is 10.3. The van der Waals surface area contributed by atoms with Gasteiger partial charge in [-0.15, -0.1) is 0 Å². The normalized spacial score (nSPS) is 18.6. The van der Waals surface area contributed by atoms with Gasteiger partial charge in [0.1, 0.15) is 5.70 Å². The molecule has 0 bridgehead atoms. The highest BCUT2D eigenvalue weighted by atomic mass is 35.5. The van der Waals surface area contributed by atoms with Crippen LogP contribution in [0.3, 0.4) is 0 Å². The minimum atomic E-state index is -0.367. The number of halogens is 1. The second kappa shape index (κ2) is 7.81. The zero-order valence-corrected chi connectivity index (χ0v) is 17.0. The van der Waals surface area contributed by atoms with Gasteiger partial charge < -0.3 is 5.32 Å². The number of rotatable bonds is 3. The Morgan fingerprint density at radius 3 is 2.30 bits per heavy atom. The average Bonchev–Trinajstić information content (AvgIpc) is 2.93. The number of anilines is 1. The molecule has 0 aromatic heterocycles. The molecule has 148 valence electrons. The maximum Gasteiger partial charge on any atom is 0.275 e. The summed E-state index contributed by atoms with van der Waals surface area (Å²) in [5.41, 5.74) is 5.02. The molecule has 0 fully saturated rings. The summed E-state index contributed by atoms with van der Waals surface area (Å²) in [5, 5.41) is 3.97. The highest BCUT2D eigenvalue weighted by molar-refractivity contribution is 6.32. The van der Waals surface area contributed by atoms with Gasteiger partial charge in [0, 0.05) is 28.4 Å². The Balaban J connectivity index is 1.76. The van der Waals surface area contributed by atoms with Crippen LogP contribution in [0.1, 0.15) is 17.2 Å². The van der Waals surface area contributed by atoms with Crippen molar-refractivity contribution in [3.8, 4) is 0 Å². The lowest BCUT2D eigenvalue weighted by Crippen LogP contribution is -2.33. The number of aliphatic imine (C=N–C) groups is 1. The number of hydrogen-bond acceptors (Lipinski definition) is 3. The molecular formula is C25H20ClN3O. The first kappa shape index (κ1) is 18.6. The zero-order valence-electron chi connectivity index (χ0n) is 16.3. The van der Waals surface area contributed by atoms with Crippen LogP contribution in [0.15, 0.2) is 101 Å². The fourth-order valence-corrected chi connectivity index (χ4v) is 4.40. The fourth-order valence-electron chi connectivity index (χ4n) is 4.16. The van der Waals surface area contributed by atoms with Gasteiger partial charge in [-0.05, 0) is 23.8 Å². The van der Waals surface area contributed by atoms with Gasteiger partial charge in [-0.1, -0.05) is 78.3 Å². The lowest BCUT2D eigenvalue weighted by Gasteiger charge is -2.29. The Kier molecular flexibility index (Phi) is 4.85. The van der Waals surface area contributed by atoms with Gasteiger partial charge in [0.25, 0.3) is 5.91 Å². The Morgan fingerprint density at radius 1 is 0.900 bits per heavy atom. The Morgan fingerprint density at radius 2 is 1.57 bits per heavy atom. The van der Waals surface area contributed by atoms with E-state index in [0.717, 1.165) is 28.1 Å². The van der Waals surface area contributed by atoms with Crippen LogP contribution in [0, 0.1) is 0 Å². The molecule has 1 amide bonds. The molecule has 2 aliphatic heterocycles. The van der Waals surface area contributed by atoms with E-state index in [1.165, 1.54) is 0 Å². The summed E-state index contributed by atoms with van der Waals surface area (Å²) in [6.07, 6.45) is 0. The molecule has 0 aliphatic carbocycles. The van der Waals surface area contributed by atoms with Gasteiger partial charge in [-0.25, -0.2) is 0 Å². The van der Waals surface area contributed by atoms with Crippen LogP contribution >= 0.6 is 11.6 Å². The molecule has 0 radical (unpaired) electrons. The first-order chi connectivity index (χ1) is 14.8. The van der Waals surface area contributed by atoms with Crippen LogP contribution in [0.4, 0.5) is 5.69 Å². The third-order valence-electron chi connectivity index (χ3n) is 5.45. The fraction of sp³-hybridized carbons (Fsp3) is 0.120. The second-order valence-corrected chi connectivity index (χ2v) is 7.65. The molecule has 5 rings (SSSR count). The molecule has 4 nitrogen and oxygen atoms in total. The molecule has 2 heterocycles. The predicted molar refractivity (Wildman–Crippen MR) is 121 cm³/mol. The molecule has 2 aliphatic rings. The maximum atomic E-state index is 13.7. The molecule has 30 heavy (non-hydrogen) atoms. The number of nitrogens with one attached hydrogen (secondary N) is 1. The monoisotopic (exact) mass is 413 g/mol. The van der Waals surface area contributed by atoms with E-state index in [-0.39, 0.29) is 11.9 Å². The highest BCUT2D eigenvalue weighted by Gasteiger charge is 2.44. The summed E-state index contributed by atoms with van der Waals surface area (Å²) < 4.78 is 0. The molecular weight excluding hydrogens is 394 g/mol. The van der Waals surface area contributed by atoms with Crippen LogP contribution in [-0.4, -0.2) is 24.7 Å². The number of carbonyl (C=O) groups excluding carboxylic acids is 1. The number of nitrogens with zero attached hydrogens (tertiary/aromatic N) is 2. The predicted octanol–water partition coefficient (Wildman–Crippen LogP) is 4.77. The van der Waals surface area contributed by atoms with Gasteiger partial charge >= 0.3 is 0 Å². The minimum Gasteiger partial charge on any atom is -0.378 e. The molecule has 1 N–H and O–H groups in total. The Bertz CT molecular complexity index is 1160. The molecule has 0 saturated carbocycles. The lowest BCUT2D eigenvalue weighted by molar-refractivity contribution is -0.115. The van der Waals surface area contributed by atoms with Crippen LogP contribution in [-0.2, 0) is 4.79 Å². The molecule has 5 heteroatoms. The van der Waals surface area contributed by atoms with Crippen molar-refractivity contribution in [1.82, 2.24) is 5.32 Å². The van der Waals surface area contributed by atoms with E-state index in [0.29, 0.717) is 23.8 Å². The summed E-state index contributed by atoms with van der Waals surface area (Å²) in [7, 11) is 0. The van der Waals surface area contributed by atoms with E-state index in [9.17, 15) is 4.79 Å². The van der Waals surface area contributed by atoms with Crippen molar-refractivity contribution in [2.75, 3.05) is 18.0 Å². The third kappa shape index (κ3) is 3.10. The van der Waals surface area contributed by atoms with Crippen LogP contribution < -0.4 is 10.2 Å². The molecule has 0 saturated heterocycles. The highest BCUT2D eigenvalue weighted by Crippen LogP contribution is 2.44. The average molecular weight is 414 g/mol. The standard InChI is InChI=1S/C25H20ClN3O/c26-20-14-8-7-13-19(20)24-21-22(17-9-3-1-4-10-17)27-15-16-28-23(21)25(30)29(24)18-11-5-2-6-12-18/h1-14,24,28H,15-16H2. The van der Waals surface area contributed by atoms with E-state index in [1.807, 2.05) is 89.8 Å². The van der Waals surface area contributed by atoms with Gasteiger partial charge in [0.05, 0.1) is 18.3 Å². The maximum absolute atomic E-state index is 13.7. The molecule has 1 unspecified atom stereocenters. The van der Waals surface area contributed by atoms with Crippen LogP contribution in [0.2, 0.25) is 5.02 Å². The van der Waals surface area contributed by atoms with Crippen molar-refractivity contribution >= 4 is 28.9 Å². The third-order valence-corrected chi connectivity index (χ3v) is 5.80. The van der Waals surface area contributed by atoms with Crippen molar-refractivity contribution in [3.63, 3.8) is 0 Å². The lowest BCUT2D eigenvalue weighted by atomic mass is 9.91. The Labute approximate surface area is 180 Å². The topological polar surface area (TPSA) is 44.7 Å². The SMILES string of the molecule is O=C1C2=C(C(c3ccccc3)=NCCN2)C(c2ccccc2Cl)N1c1ccccc1. The number of para-hydroxylation sites is 1. The largest absolute Gasteiger partial charge is 0.378 e. The summed E-state index contributed by atoms with van der Waals surface area (Å²) in [6, 6.07) is 27.1. The quantitative estimate of drug-likeness (QED) is 0.671. The summed E-state index contributed by atoms with van der Waals surface area (Å²) in [5.74, 6) is -0.0633. The number of carbonyl (C=O) groups is 1. The van der Waals surface area contributed by atoms with Gasteiger partial charge in [0.2, 0.25) is 0 Å². The summed E-state index contributed by atoms with van der Waals surface area (Å²) in [4.78, 5) is 20.4. The second-order valence-electron chi connectivity index (χ2n) is 7.25. The van der Waals surface area contributed by atoms with Gasteiger partial charge in [-0.2, -0.15) is 0 Å². The minimum absolute atomic E-state index is 0.0633. The van der Waals surface area contributed by atoms with Crippen molar-refractivity contribution < 1.29 is 4.79 Å². The molecule has 1 atom stereocenters. The van der Waals surface area contributed by atoms with Crippen molar-refractivity contribution in [1.29, 1.82) is 0 Å². The van der Waals surface area contributed by atoms with E-state index >= 15 is 0 Å². The summed E-state index contributed by atoms with van der Waals surface area (Å²) in [6.45, 7) is 1.21. The van der Waals surface area contributed by atoms with E-state index < -0.39 is 0 Å². The number of benzene rings is 3. The van der Waals surface area contributed by atoms with E-state index in [2.05, 4.69) is 5.32 Å². The smallest absolute Gasteiger partial charge is 0.275 e. The van der Waals surface area contributed by atoms with E-state index in [4.69, 9.17) is 16.6 Å². The van der Waals surface area contributed by atoms with Crippen LogP contribution in [0.5, 0.6) is 0 Å². The van der Waals surface area contributed by atoms with Gasteiger partial charge in [-0.3, -0.25) is 14.7 Å². The number of amides is 1. The molecule has 0 spiro atoms. The first-order valence-electron chi connectivity index (χ1n) is 9.97. The summed E-state index contributed by atoms with van der Waals surface area (Å²) >= 11 is 6.65.